The van der Waals surface area contributed by atoms with Crippen LogP contribution in [-0.4, -0.2) is 35.5 Å². The van der Waals surface area contributed by atoms with Crippen LogP contribution >= 0.6 is 0 Å². The molecule has 0 aliphatic rings. The molecule has 2 N–H and O–H groups in total. The summed E-state index contributed by atoms with van der Waals surface area (Å²) in [6.45, 7) is 2.24. The Morgan fingerprint density at radius 2 is 1.33 bits per heavy atom. The fraction of sp³-hybridized carbons (Fsp3) is 0.950. The highest BCUT2D eigenvalue weighted by atomic mass is 16.5. The Bertz CT molecular complexity index is 268. The predicted octanol–water partition coefficient (Wildman–Crippen LogP) is 4.75. The van der Waals surface area contributed by atoms with Gasteiger partial charge in [-0.15, -0.1) is 0 Å². The average Bonchev–Trinajstić information content (AvgIpc) is 2.58. The molecule has 0 unspecified atom stereocenters. The summed E-state index contributed by atoms with van der Waals surface area (Å²) in [5.41, 5.74) is 0. The molecule has 0 saturated heterocycles. The SMILES string of the molecule is CCCCCCCCC[C@H](O)CCCCCCCC(=O)OCCO. The van der Waals surface area contributed by atoms with E-state index in [4.69, 9.17) is 9.84 Å². The van der Waals surface area contributed by atoms with Crippen molar-refractivity contribution in [3.8, 4) is 0 Å². The van der Waals surface area contributed by atoms with Gasteiger partial charge >= 0.3 is 5.97 Å². The molecule has 0 bridgehead atoms. The van der Waals surface area contributed by atoms with Crippen molar-refractivity contribution in [1.82, 2.24) is 0 Å². The van der Waals surface area contributed by atoms with Crippen molar-refractivity contribution in [1.29, 1.82) is 0 Å². The first-order valence-corrected chi connectivity index (χ1v) is 10.1. The molecule has 0 radical (unpaired) electrons. The zero-order valence-electron chi connectivity index (χ0n) is 15.8. The summed E-state index contributed by atoms with van der Waals surface area (Å²) < 4.78 is 4.80. The monoisotopic (exact) mass is 344 g/mol. The molecule has 0 heterocycles. The number of ether oxygens (including phenoxy) is 1. The van der Waals surface area contributed by atoms with Gasteiger partial charge in [0.2, 0.25) is 0 Å². The molecule has 0 aromatic heterocycles. The normalized spacial score (nSPS) is 12.3. The molecule has 0 aliphatic carbocycles. The zero-order valence-corrected chi connectivity index (χ0v) is 15.8. The molecule has 0 amide bonds. The van der Waals surface area contributed by atoms with E-state index in [1.54, 1.807) is 0 Å². The lowest BCUT2D eigenvalue weighted by Gasteiger charge is -2.10. The molecule has 24 heavy (non-hydrogen) atoms. The lowest BCUT2D eigenvalue weighted by atomic mass is 10.0. The summed E-state index contributed by atoms with van der Waals surface area (Å²) in [4.78, 5) is 11.2. The number of aliphatic hydroxyl groups is 2. The number of hydrogen-bond acceptors (Lipinski definition) is 4. The van der Waals surface area contributed by atoms with Gasteiger partial charge in [-0.05, 0) is 19.3 Å². The van der Waals surface area contributed by atoms with E-state index in [0.29, 0.717) is 6.42 Å². The Morgan fingerprint density at radius 3 is 1.88 bits per heavy atom. The van der Waals surface area contributed by atoms with Crippen LogP contribution in [0.5, 0.6) is 0 Å². The highest BCUT2D eigenvalue weighted by Gasteiger charge is 2.04. The Labute approximate surface area is 149 Å². The van der Waals surface area contributed by atoms with Gasteiger partial charge in [-0.2, -0.15) is 0 Å². The van der Waals surface area contributed by atoms with Crippen molar-refractivity contribution >= 4 is 5.97 Å². The smallest absolute Gasteiger partial charge is 0.305 e. The minimum Gasteiger partial charge on any atom is -0.463 e. The Hall–Kier alpha value is -0.610. The molecule has 0 fully saturated rings. The fourth-order valence-electron chi connectivity index (χ4n) is 2.89. The third-order valence-electron chi connectivity index (χ3n) is 4.41. The third-order valence-corrected chi connectivity index (χ3v) is 4.41. The van der Waals surface area contributed by atoms with Gasteiger partial charge in [0, 0.05) is 6.42 Å². The number of hydrogen-bond donors (Lipinski definition) is 2. The lowest BCUT2D eigenvalue weighted by Crippen LogP contribution is -2.08. The molecule has 0 aliphatic heterocycles. The summed E-state index contributed by atoms with van der Waals surface area (Å²) in [6.07, 6.45) is 16.4. The molecule has 4 heteroatoms. The summed E-state index contributed by atoms with van der Waals surface area (Å²) in [5, 5.41) is 18.5. The number of esters is 1. The number of carbonyl (C=O) groups excluding carboxylic acids is 1. The molecule has 0 aromatic rings. The largest absolute Gasteiger partial charge is 0.463 e. The lowest BCUT2D eigenvalue weighted by molar-refractivity contribution is -0.144. The van der Waals surface area contributed by atoms with Gasteiger partial charge in [-0.1, -0.05) is 77.6 Å². The molecule has 0 aromatic carbocycles. The standard InChI is InChI=1S/C20H40O4/c1-2-3-4-5-6-8-11-14-19(22)15-12-9-7-10-13-16-20(23)24-18-17-21/h19,21-22H,2-18H2,1H3/t19-/m0/s1. The van der Waals surface area contributed by atoms with Crippen LogP contribution in [0.15, 0.2) is 0 Å². The van der Waals surface area contributed by atoms with Crippen LogP contribution in [0.25, 0.3) is 0 Å². The molecule has 0 rings (SSSR count). The average molecular weight is 345 g/mol. The Kier molecular flexibility index (Phi) is 18.2. The molecule has 0 saturated carbocycles. The fourth-order valence-corrected chi connectivity index (χ4v) is 2.89. The highest BCUT2D eigenvalue weighted by molar-refractivity contribution is 5.69. The van der Waals surface area contributed by atoms with Crippen LogP contribution in [0.1, 0.15) is 103 Å². The first kappa shape index (κ1) is 23.4. The van der Waals surface area contributed by atoms with E-state index in [9.17, 15) is 9.90 Å². The van der Waals surface area contributed by atoms with Crippen LogP contribution in [0, 0.1) is 0 Å². The van der Waals surface area contributed by atoms with Crippen LogP contribution in [0.4, 0.5) is 0 Å². The first-order valence-electron chi connectivity index (χ1n) is 10.1. The van der Waals surface area contributed by atoms with Crippen LogP contribution < -0.4 is 0 Å². The van der Waals surface area contributed by atoms with Crippen molar-refractivity contribution in [3.63, 3.8) is 0 Å². The van der Waals surface area contributed by atoms with Crippen LogP contribution in [-0.2, 0) is 9.53 Å². The number of unbranched alkanes of at least 4 members (excludes halogenated alkanes) is 10. The van der Waals surface area contributed by atoms with Gasteiger partial charge in [0.15, 0.2) is 0 Å². The van der Waals surface area contributed by atoms with Gasteiger partial charge in [0.05, 0.1) is 12.7 Å². The topological polar surface area (TPSA) is 66.8 Å². The Morgan fingerprint density at radius 1 is 0.833 bits per heavy atom. The van der Waals surface area contributed by atoms with Gasteiger partial charge in [-0.3, -0.25) is 4.79 Å². The van der Waals surface area contributed by atoms with Crippen molar-refractivity contribution in [3.05, 3.63) is 0 Å². The van der Waals surface area contributed by atoms with Crippen molar-refractivity contribution < 1.29 is 19.7 Å². The Balaban J connectivity index is 3.23. The van der Waals surface area contributed by atoms with Crippen molar-refractivity contribution in [2.75, 3.05) is 13.2 Å². The first-order chi connectivity index (χ1) is 11.7. The van der Waals surface area contributed by atoms with Gasteiger partial charge in [0.25, 0.3) is 0 Å². The van der Waals surface area contributed by atoms with E-state index in [2.05, 4.69) is 6.92 Å². The third kappa shape index (κ3) is 17.7. The molecule has 1 atom stereocenters. The van der Waals surface area contributed by atoms with E-state index in [1.807, 2.05) is 0 Å². The molecular formula is C20H40O4. The van der Waals surface area contributed by atoms with Crippen molar-refractivity contribution in [2.24, 2.45) is 0 Å². The number of carbonyl (C=O) groups is 1. The van der Waals surface area contributed by atoms with E-state index in [1.165, 1.54) is 38.5 Å². The zero-order chi connectivity index (χ0) is 17.9. The van der Waals surface area contributed by atoms with Crippen LogP contribution in [0.3, 0.4) is 0 Å². The molecule has 144 valence electrons. The highest BCUT2D eigenvalue weighted by Crippen LogP contribution is 2.14. The molecule has 4 nitrogen and oxygen atoms in total. The summed E-state index contributed by atoms with van der Waals surface area (Å²) >= 11 is 0. The minimum absolute atomic E-state index is 0.104. The van der Waals surface area contributed by atoms with E-state index >= 15 is 0 Å². The van der Waals surface area contributed by atoms with E-state index < -0.39 is 0 Å². The van der Waals surface area contributed by atoms with E-state index in [0.717, 1.165) is 51.4 Å². The summed E-state index contributed by atoms with van der Waals surface area (Å²) in [5.74, 6) is -0.214. The van der Waals surface area contributed by atoms with Gasteiger partial charge < -0.3 is 14.9 Å². The number of rotatable bonds is 18. The van der Waals surface area contributed by atoms with E-state index in [-0.39, 0.29) is 25.3 Å². The maximum atomic E-state index is 11.2. The second-order valence-electron chi connectivity index (χ2n) is 6.81. The predicted molar refractivity (Wildman–Crippen MR) is 99.0 cm³/mol. The maximum Gasteiger partial charge on any atom is 0.305 e. The van der Waals surface area contributed by atoms with Gasteiger partial charge in [0.1, 0.15) is 6.61 Å². The summed E-state index contributed by atoms with van der Waals surface area (Å²) in [6, 6.07) is 0. The minimum atomic E-state index is -0.214. The van der Waals surface area contributed by atoms with Crippen molar-refractivity contribution in [2.45, 2.75) is 109 Å². The molecule has 0 spiro atoms. The van der Waals surface area contributed by atoms with Crippen LogP contribution in [0.2, 0.25) is 0 Å². The summed E-state index contributed by atoms with van der Waals surface area (Å²) in [7, 11) is 0. The maximum absolute atomic E-state index is 11.2. The second kappa shape index (κ2) is 18.7. The van der Waals surface area contributed by atoms with Gasteiger partial charge in [-0.25, -0.2) is 0 Å². The number of aliphatic hydroxyl groups excluding tert-OH is 2. The second-order valence-corrected chi connectivity index (χ2v) is 6.81. The molecular weight excluding hydrogens is 304 g/mol. The quantitative estimate of drug-likeness (QED) is 0.278.